The van der Waals surface area contributed by atoms with Gasteiger partial charge < -0.3 is 19.9 Å². The van der Waals surface area contributed by atoms with Crippen molar-refractivity contribution in [3.05, 3.63) is 24.3 Å². The standard InChI is InChI=1S/C25H45NO3/c1-2-3-4-5-6-7-8-9-10-11-12-13-14-19-27-20-21-28-22-23-29-25-17-15-24(26)16-18-25/h15-18H,2-14,19-23,26H2,1H3. The molecular formula is C25H45NO3. The Morgan fingerprint density at radius 3 is 1.55 bits per heavy atom. The quantitative estimate of drug-likeness (QED) is 0.180. The van der Waals surface area contributed by atoms with Crippen LogP contribution in [0.5, 0.6) is 5.75 Å². The monoisotopic (exact) mass is 407 g/mol. The van der Waals surface area contributed by atoms with Gasteiger partial charge in [0.1, 0.15) is 12.4 Å². The van der Waals surface area contributed by atoms with Crippen molar-refractivity contribution >= 4 is 5.69 Å². The summed E-state index contributed by atoms with van der Waals surface area (Å²) in [5.74, 6) is 0.821. The third-order valence-electron chi connectivity index (χ3n) is 5.14. The molecule has 0 saturated heterocycles. The van der Waals surface area contributed by atoms with Gasteiger partial charge in [-0.2, -0.15) is 0 Å². The summed E-state index contributed by atoms with van der Waals surface area (Å²) in [6, 6.07) is 7.41. The van der Waals surface area contributed by atoms with E-state index < -0.39 is 0 Å². The third-order valence-corrected chi connectivity index (χ3v) is 5.14. The van der Waals surface area contributed by atoms with Crippen LogP contribution in [0.25, 0.3) is 0 Å². The van der Waals surface area contributed by atoms with E-state index in [4.69, 9.17) is 19.9 Å². The van der Waals surface area contributed by atoms with E-state index in [0.717, 1.165) is 24.5 Å². The maximum absolute atomic E-state index is 5.64. The van der Waals surface area contributed by atoms with Crippen LogP contribution in [0.3, 0.4) is 0 Å². The van der Waals surface area contributed by atoms with E-state index >= 15 is 0 Å². The molecule has 0 spiro atoms. The second-order valence-corrected chi connectivity index (χ2v) is 7.88. The first kappa shape index (κ1) is 25.8. The molecule has 0 unspecified atom stereocenters. The van der Waals surface area contributed by atoms with Crippen LogP contribution in [0.2, 0.25) is 0 Å². The van der Waals surface area contributed by atoms with Crippen LogP contribution in [-0.2, 0) is 9.47 Å². The Kier molecular flexibility index (Phi) is 17.8. The highest BCUT2D eigenvalue weighted by atomic mass is 16.5. The van der Waals surface area contributed by atoms with Gasteiger partial charge in [-0.25, -0.2) is 0 Å². The zero-order valence-electron chi connectivity index (χ0n) is 18.8. The molecular weight excluding hydrogens is 362 g/mol. The first-order valence-corrected chi connectivity index (χ1v) is 12.0. The molecule has 0 aromatic heterocycles. The predicted octanol–water partition coefficient (Wildman–Crippen LogP) is 6.77. The van der Waals surface area contributed by atoms with Crippen LogP contribution >= 0.6 is 0 Å². The lowest BCUT2D eigenvalue weighted by molar-refractivity contribution is 0.0352. The Hall–Kier alpha value is -1.26. The van der Waals surface area contributed by atoms with E-state index in [9.17, 15) is 0 Å². The van der Waals surface area contributed by atoms with Crippen molar-refractivity contribution in [2.24, 2.45) is 0 Å². The Bertz CT molecular complexity index is 450. The van der Waals surface area contributed by atoms with Gasteiger partial charge in [-0.1, -0.05) is 84.0 Å². The van der Waals surface area contributed by atoms with Crippen molar-refractivity contribution in [2.75, 3.05) is 38.8 Å². The average molecular weight is 408 g/mol. The summed E-state index contributed by atoms with van der Waals surface area (Å²) in [4.78, 5) is 0. The van der Waals surface area contributed by atoms with E-state index in [1.54, 1.807) is 0 Å². The summed E-state index contributed by atoms with van der Waals surface area (Å²) >= 11 is 0. The first-order chi connectivity index (χ1) is 14.3. The molecule has 29 heavy (non-hydrogen) atoms. The number of anilines is 1. The number of hydrogen-bond donors (Lipinski definition) is 1. The molecule has 1 rings (SSSR count). The van der Waals surface area contributed by atoms with E-state index in [1.807, 2.05) is 24.3 Å². The molecule has 0 aliphatic heterocycles. The van der Waals surface area contributed by atoms with E-state index in [1.165, 1.54) is 77.0 Å². The molecule has 0 fully saturated rings. The van der Waals surface area contributed by atoms with Crippen LogP contribution in [0.4, 0.5) is 5.69 Å². The van der Waals surface area contributed by atoms with Gasteiger partial charge in [-0.15, -0.1) is 0 Å². The topological polar surface area (TPSA) is 53.7 Å². The molecule has 1 aromatic rings. The summed E-state index contributed by atoms with van der Waals surface area (Å²) in [7, 11) is 0. The number of benzene rings is 1. The second kappa shape index (κ2) is 20.0. The van der Waals surface area contributed by atoms with Gasteiger partial charge in [-0.3, -0.25) is 0 Å². The minimum atomic E-state index is 0.544. The maximum Gasteiger partial charge on any atom is 0.119 e. The fourth-order valence-electron chi connectivity index (χ4n) is 3.33. The number of unbranched alkanes of at least 4 members (excludes halogenated alkanes) is 12. The zero-order valence-corrected chi connectivity index (χ0v) is 18.8. The van der Waals surface area contributed by atoms with Crippen molar-refractivity contribution in [1.29, 1.82) is 0 Å². The fourth-order valence-corrected chi connectivity index (χ4v) is 3.33. The number of hydrogen-bond acceptors (Lipinski definition) is 4. The highest BCUT2D eigenvalue weighted by Crippen LogP contribution is 2.13. The lowest BCUT2D eigenvalue weighted by Crippen LogP contribution is -2.11. The van der Waals surface area contributed by atoms with Gasteiger partial charge in [0.2, 0.25) is 0 Å². The summed E-state index contributed by atoms with van der Waals surface area (Å²) in [6.45, 7) is 5.55. The number of nitrogen functional groups attached to an aromatic ring is 1. The van der Waals surface area contributed by atoms with Crippen LogP contribution in [-0.4, -0.2) is 33.0 Å². The molecule has 168 valence electrons. The molecule has 0 amide bonds. The van der Waals surface area contributed by atoms with Crippen molar-refractivity contribution in [1.82, 2.24) is 0 Å². The Balaban J connectivity index is 1.69. The largest absolute Gasteiger partial charge is 0.491 e. The SMILES string of the molecule is CCCCCCCCCCCCCCCOCCOCCOc1ccc(N)cc1. The highest BCUT2D eigenvalue weighted by Gasteiger charge is 1.96. The van der Waals surface area contributed by atoms with Gasteiger partial charge in [0.05, 0.1) is 19.8 Å². The zero-order chi connectivity index (χ0) is 20.8. The van der Waals surface area contributed by atoms with E-state index in [-0.39, 0.29) is 0 Å². The molecule has 0 atom stereocenters. The third kappa shape index (κ3) is 17.3. The Morgan fingerprint density at radius 1 is 0.552 bits per heavy atom. The van der Waals surface area contributed by atoms with Gasteiger partial charge >= 0.3 is 0 Å². The minimum absolute atomic E-state index is 0.544. The molecule has 2 N–H and O–H groups in total. The van der Waals surface area contributed by atoms with Gasteiger partial charge in [0.15, 0.2) is 0 Å². The summed E-state index contributed by atoms with van der Waals surface area (Å²) in [5.41, 5.74) is 6.38. The van der Waals surface area contributed by atoms with Crippen molar-refractivity contribution in [3.63, 3.8) is 0 Å². The predicted molar refractivity (Wildman–Crippen MR) is 124 cm³/mol. The molecule has 4 heteroatoms. The van der Waals surface area contributed by atoms with Crippen molar-refractivity contribution in [3.8, 4) is 5.75 Å². The van der Waals surface area contributed by atoms with Crippen molar-refractivity contribution in [2.45, 2.75) is 90.4 Å². The van der Waals surface area contributed by atoms with Crippen LogP contribution < -0.4 is 10.5 Å². The normalized spacial score (nSPS) is 11.1. The summed E-state index contributed by atoms with van der Waals surface area (Å²) < 4.78 is 16.7. The van der Waals surface area contributed by atoms with Gasteiger partial charge in [-0.05, 0) is 30.7 Å². The molecule has 4 nitrogen and oxygen atoms in total. The van der Waals surface area contributed by atoms with Crippen LogP contribution in [0, 0.1) is 0 Å². The molecule has 0 saturated carbocycles. The maximum atomic E-state index is 5.64. The lowest BCUT2D eigenvalue weighted by atomic mass is 10.0. The van der Waals surface area contributed by atoms with Gasteiger partial charge in [0.25, 0.3) is 0 Å². The van der Waals surface area contributed by atoms with Crippen LogP contribution in [0.15, 0.2) is 24.3 Å². The molecule has 1 aromatic carbocycles. The Labute approximate surface area is 179 Å². The molecule has 0 radical (unpaired) electrons. The van der Waals surface area contributed by atoms with Gasteiger partial charge in [0, 0.05) is 12.3 Å². The van der Waals surface area contributed by atoms with Crippen molar-refractivity contribution < 1.29 is 14.2 Å². The highest BCUT2D eigenvalue weighted by molar-refractivity contribution is 5.41. The average Bonchev–Trinajstić information content (AvgIpc) is 2.73. The van der Waals surface area contributed by atoms with Crippen LogP contribution in [0.1, 0.15) is 90.4 Å². The van der Waals surface area contributed by atoms with E-state index in [2.05, 4.69) is 6.92 Å². The second-order valence-electron chi connectivity index (χ2n) is 7.88. The molecule has 0 heterocycles. The number of rotatable bonds is 21. The summed E-state index contributed by atoms with van der Waals surface area (Å²) in [6.07, 6.45) is 17.9. The fraction of sp³-hybridized carbons (Fsp3) is 0.760. The van der Waals surface area contributed by atoms with E-state index in [0.29, 0.717) is 26.4 Å². The molecule has 0 bridgehead atoms. The first-order valence-electron chi connectivity index (χ1n) is 12.0. The smallest absolute Gasteiger partial charge is 0.119 e. The summed E-state index contributed by atoms with van der Waals surface area (Å²) in [5, 5.41) is 0. The number of nitrogens with two attached hydrogens (primary N) is 1. The number of ether oxygens (including phenoxy) is 3. The minimum Gasteiger partial charge on any atom is -0.491 e. The lowest BCUT2D eigenvalue weighted by Gasteiger charge is -2.08. The molecule has 0 aliphatic rings. The molecule has 0 aliphatic carbocycles. The Morgan fingerprint density at radius 2 is 1.00 bits per heavy atom.